The van der Waals surface area contributed by atoms with Crippen molar-refractivity contribution in [3.05, 3.63) is 20.8 Å². The summed E-state index contributed by atoms with van der Waals surface area (Å²) >= 11 is 5.37. The number of halogens is 1. The maximum absolute atomic E-state index is 3.58. The van der Waals surface area contributed by atoms with Crippen LogP contribution in [-0.2, 0) is 6.42 Å². The predicted octanol–water partition coefficient (Wildman–Crippen LogP) is 4.88. The third-order valence-electron chi connectivity index (χ3n) is 2.31. The number of hydrogen-bond acceptors (Lipinski definition) is 1. The second-order valence-corrected chi connectivity index (χ2v) is 5.91. The molecular formula is C11H17BrS. The van der Waals surface area contributed by atoms with Crippen LogP contribution in [0.1, 0.15) is 38.7 Å². The van der Waals surface area contributed by atoms with E-state index < -0.39 is 0 Å². The molecule has 0 N–H and O–H groups in total. The summed E-state index contributed by atoms with van der Waals surface area (Å²) in [6, 6.07) is 2.23. The molecule has 0 saturated heterocycles. The third kappa shape index (κ3) is 3.82. The Morgan fingerprint density at radius 1 is 1.54 bits per heavy atom. The van der Waals surface area contributed by atoms with Crippen LogP contribution in [0, 0.1) is 5.92 Å². The maximum atomic E-state index is 3.58. The highest BCUT2D eigenvalue weighted by Gasteiger charge is 2.06. The van der Waals surface area contributed by atoms with Gasteiger partial charge in [-0.25, -0.2) is 0 Å². The van der Waals surface area contributed by atoms with Crippen LogP contribution in [0.4, 0.5) is 0 Å². The predicted molar refractivity (Wildman–Crippen MR) is 64.4 cm³/mol. The summed E-state index contributed by atoms with van der Waals surface area (Å²) in [5.41, 5.74) is 1.48. The van der Waals surface area contributed by atoms with Gasteiger partial charge in [0, 0.05) is 0 Å². The molecule has 1 aromatic heterocycles. The molecule has 0 radical (unpaired) electrons. The first kappa shape index (κ1) is 11.3. The Kier molecular flexibility index (Phi) is 5.04. The Morgan fingerprint density at radius 3 is 2.85 bits per heavy atom. The summed E-state index contributed by atoms with van der Waals surface area (Å²) in [6.07, 6.45) is 5.26. The van der Waals surface area contributed by atoms with Crippen molar-refractivity contribution in [1.29, 1.82) is 0 Å². The molecule has 0 aliphatic carbocycles. The number of unbranched alkanes of at least 4 members (excludes halogenated alkanes) is 1. The molecule has 1 unspecified atom stereocenters. The monoisotopic (exact) mass is 260 g/mol. The van der Waals surface area contributed by atoms with Gasteiger partial charge in [-0.05, 0) is 45.3 Å². The zero-order valence-corrected chi connectivity index (χ0v) is 10.7. The topological polar surface area (TPSA) is 0 Å². The minimum absolute atomic E-state index is 0.825. The molecule has 74 valence electrons. The average Bonchev–Trinajstić information content (AvgIpc) is 2.48. The highest BCUT2D eigenvalue weighted by Crippen LogP contribution is 2.26. The first-order chi connectivity index (χ1) is 6.24. The molecule has 0 bridgehead atoms. The summed E-state index contributed by atoms with van der Waals surface area (Å²) in [5, 5.41) is 2.16. The Morgan fingerprint density at radius 2 is 2.31 bits per heavy atom. The van der Waals surface area contributed by atoms with Crippen LogP contribution in [0.25, 0.3) is 0 Å². The minimum atomic E-state index is 0.825. The van der Waals surface area contributed by atoms with Gasteiger partial charge in [-0.3, -0.25) is 0 Å². The van der Waals surface area contributed by atoms with Gasteiger partial charge in [-0.1, -0.05) is 33.1 Å². The Hall–Kier alpha value is 0.180. The van der Waals surface area contributed by atoms with E-state index in [0.717, 1.165) is 5.92 Å². The van der Waals surface area contributed by atoms with Gasteiger partial charge in [0.2, 0.25) is 0 Å². The molecule has 0 spiro atoms. The van der Waals surface area contributed by atoms with Crippen molar-refractivity contribution in [2.24, 2.45) is 5.92 Å². The molecule has 0 saturated carbocycles. The van der Waals surface area contributed by atoms with Crippen LogP contribution in [-0.4, -0.2) is 0 Å². The van der Waals surface area contributed by atoms with Gasteiger partial charge in [-0.15, -0.1) is 11.3 Å². The lowest BCUT2D eigenvalue weighted by Crippen LogP contribution is -1.98. The fourth-order valence-corrected chi connectivity index (χ4v) is 2.77. The highest BCUT2D eigenvalue weighted by molar-refractivity contribution is 9.11. The van der Waals surface area contributed by atoms with E-state index in [0.29, 0.717) is 0 Å². The van der Waals surface area contributed by atoms with Crippen LogP contribution in [0.5, 0.6) is 0 Å². The number of rotatable bonds is 5. The van der Waals surface area contributed by atoms with Crippen LogP contribution in [0.2, 0.25) is 0 Å². The Balaban J connectivity index is 2.36. The average molecular weight is 261 g/mol. The van der Waals surface area contributed by atoms with Crippen molar-refractivity contribution < 1.29 is 0 Å². The second kappa shape index (κ2) is 5.82. The van der Waals surface area contributed by atoms with Gasteiger partial charge in [0.05, 0.1) is 3.79 Å². The van der Waals surface area contributed by atoms with Crippen LogP contribution < -0.4 is 0 Å². The fourth-order valence-electron chi connectivity index (χ4n) is 1.50. The molecule has 0 fully saturated rings. The summed E-state index contributed by atoms with van der Waals surface area (Å²) in [4.78, 5) is 0. The molecule has 0 aliphatic rings. The fraction of sp³-hybridized carbons (Fsp3) is 0.636. The quantitative estimate of drug-likeness (QED) is 0.708. The van der Waals surface area contributed by atoms with Gasteiger partial charge >= 0.3 is 0 Å². The Labute approximate surface area is 93.5 Å². The van der Waals surface area contributed by atoms with Crippen molar-refractivity contribution >= 4 is 27.3 Å². The molecule has 0 aromatic carbocycles. The van der Waals surface area contributed by atoms with Gasteiger partial charge < -0.3 is 0 Å². The van der Waals surface area contributed by atoms with Gasteiger partial charge in [0.1, 0.15) is 0 Å². The number of thiophene rings is 1. The molecule has 0 nitrogen and oxygen atoms in total. The smallest absolute Gasteiger partial charge is 0.0730 e. The van der Waals surface area contributed by atoms with Crippen molar-refractivity contribution in [1.82, 2.24) is 0 Å². The van der Waals surface area contributed by atoms with E-state index in [1.807, 2.05) is 0 Å². The lowest BCUT2D eigenvalue weighted by Gasteiger charge is -2.09. The van der Waals surface area contributed by atoms with E-state index in [4.69, 9.17) is 0 Å². The Bertz CT molecular complexity index is 242. The van der Waals surface area contributed by atoms with Gasteiger partial charge in [0.15, 0.2) is 0 Å². The first-order valence-corrected chi connectivity index (χ1v) is 6.63. The van der Waals surface area contributed by atoms with Crippen molar-refractivity contribution in [2.75, 3.05) is 0 Å². The molecule has 1 atom stereocenters. The first-order valence-electron chi connectivity index (χ1n) is 4.96. The molecular weight excluding hydrogens is 244 g/mol. The lowest BCUT2D eigenvalue weighted by molar-refractivity contribution is 0.503. The van der Waals surface area contributed by atoms with Crippen molar-refractivity contribution in [2.45, 2.75) is 39.5 Å². The number of hydrogen-bond donors (Lipinski definition) is 0. The minimum Gasteiger partial charge on any atom is -0.137 e. The van der Waals surface area contributed by atoms with Gasteiger partial charge in [-0.2, -0.15) is 0 Å². The zero-order valence-electron chi connectivity index (χ0n) is 8.35. The SMILES string of the molecule is CCCCC(C)Cc1ccsc1Br. The second-order valence-electron chi connectivity index (χ2n) is 3.67. The molecule has 1 aromatic rings. The molecule has 0 amide bonds. The standard InChI is InChI=1S/C11H17BrS/c1-3-4-5-9(2)8-10-6-7-13-11(10)12/h6-7,9H,3-5,8H2,1-2H3. The zero-order chi connectivity index (χ0) is 9.68. The highest BCUT2D eigenvalue weighted by atomic mass is 79.9. The van der Waals surface area contributed by atoms with E-state index in [1.165, 1.54) is 35.0 Å². The van der Waals surface area contributed by atoms with Crippen molar-refractivity contribution in [3.63, 3.8) is 0 Å². The molecule has 1 heterocycles. The maximum Gasteiger partial charge on any atom is 0.0730 e. The van der Waals surface area contributed by atoms with E-state index in [2.05, 4.69) is 41.2 Å². The lowest BCUT2D eigenvalue weighted by atomic mass is 9.98. The normalized spacial score (nSPS) is 13.2. The summed E-state index contributed by atoms with van der Waals surface area (Å²) in [7, 11) is 0. The van der Waals surface area contributed by atoms with Gasteiger partial charge in [0.25, 0.3) is 0 Å². The summed E-state index contributed by atoms with van der Waals surface area (Å²) in [6.45, 7) is 4.60. The molecule has 0 aliphatic heterocycles. The van der Waals surface area contributed by atoms with E-state index in [-0.39, 0.29) is 0 Å². The molecule has 13 heavy (non-hydrogen) atoms. The summed E-state index contributed by atoms with van der Waals surface area (Å²) < 4.78 is 1.32. The van der Waals surface area contributed by atoms with Crippen LogP contribution in [0.15, 0.2) is 15.2 Å². The molecule has 2 heteroatoms. The van der Waals surface area contributed by atoms with Crippen LogP contribution in [0.3, 0.4) is 0 Å². The largest absolute Gasteiger partial charge is 0.137 e. The van der Waals surface area contributed by atoms with Crippen molar-refractivity contribution in [3.8, 4) is 0 Å². The summed E-state index contributed by atoms with van der Waals surface area (Å²) in [5.74, 6) is 0.825. The van der Waals surface area contributed by atoms with E-state index in [1.54, 1.807) is 11.3 Å². The molecule has 1 rings (SSSR count). The van der Waals surface area contributed by atoms with Crippen LogP contribution >= 0.6 is 27.3 Å². The van der Waals surface area contributed by atoms with E-state index >= 15 is 0 Å². The van der Waals surface area contributed by atoms with E-state index in [9.17, 15) is 0 Å². The third-order valence-corrected chi connectivity index (χ3v) is 4.12.